The van der Waals surface area contributed by atoms with E-state index in [4.69, 9.17) is 16.6 Å². The van der Waals surface area contributed by atoms with Crippen molar-refractivity contribution in [2.75, 3.05) is 13.1 Å². The minimum atomic E-state index is 0.442. The highest BCUT2D eigenvalue weighted by molar-refractivity contribution is 7.71. The van der Waals surface area contributed by atoms with Crippen LogP contribution in [0.3, 0.4) is 0 Å². The zero-order valence-electron chi connectivity index (χ0n) is 14.3. The second-order valence-electron chi connectivity index (χ2n) is 6.78. The van der Waals surface area contributed by atoms with Crippen molar-refractivity contribution in [3.63, 3.8) is 0 Å². The molecule has 1 fully saturated rings. The average molecular weight is 365 g/mol. The number of likely N-dealkylation sites (tertiary alicyclic amines) is 1. The first-order valence-corrected chi connectivity index (χ1v) is 9.31. The van der Waals surface area contributed by atoms with Crippen LogP contribution in [-0.2, 0) is 6.67 Å². The average Bonchev–Trinajstić information content (AvgIpc) is 3.24. The fraction of sp³-hybridized carbons (Fsp3) is 0.316. The second kappa shape index (κ2) is 6.34. The molecule has 0 N–H and O–H groups in total. The summed E-state index contributed by atoms with van der Waals surface area (Å²) in [7, 11) is 0. The van der Waals surface area contributed by atoms with Gasteiger partial charge in [-0.25, -0.2) is 0 Å². The van der Waals surface area contributed by atoms with Gasteiger partial charge < -0.3 is 4.42 Å². The first kappa shape index (κ1) is 15.7. The van der Waals surface area contributed by atoms with Crippen molar-refractivity contribution in [1.82, 2.24) is 24.1 Å². The smallest absolute Gasteiger partial charge is 0.270 e. The lowest BCUT2D eigenvalue weighted by Crippen LogP contribution is -2.34. The molecule has 4 aromatic rings. The molecule has 3 aromatic heterocycles. The molecule has 7 heteroatoms. The molecule has 4 heterocycles. The number of pyridine rings is 1. The van der Waals surface area contributed by atoms with Gasteiger partial charge in [0.25, 0.3) is 4.84 Å². The van der Waals surface area contributed by atoms with Crippen LogP contribution in [0.25, 0.3) is 16.7 Å². The number of aromatic nitrogens is 4. The Morgan fingerprint density at radius 2 is 1.85 bits per heavy atom. The summed E-state index contributed by atoms with van der Waals surface area (Å²) in [5, 5.41) is 8.72. The normalized spacial score (nSPS) is 16.6. The van der Waals surface area contributed by atoms with E-state index in [1.165, 1.54) is 0 Å². The summed E-state index contributed by atoms with van der Waals surface area (Å²) in [6.07, 6.45) is 4.19. The Balaban J connectivity index is 1.33. The van der Waals surface area contributed by atoms with Crippen LogP contribution >= 0.6 is 12.2 Å². The van der Waals surface area contributed by atoms with Crippen molar-refractivity contribution < 1.29 is 4.42 Å². The molecule has 1 aromatic carbocycles. The van der Waals surface area contributed by atoms with Gasteiger partial charge in [-0.05, 0) is 49.3 Å². The second-order valence-corrected chi connectivity index (χ2v) is 7.13. The summed E-state index contributed by atoms with van der Waals surface area (Å²) in [6.45, 7) is 2.78. The SMILES string of the molecule is S=c1oc2ccccc2n1CN1CCC(c2nnc3ccccn23)CC1. The van der Waals surface area contributed by atoms with Gasteiger partial charge in [-0.3, -0.25) is 13.9 Å². The fourth-order valence-corrected chi connectivity index (χ4v) is 4.06. The van der Waals surface area contributed by atoms with Gasteiger partial charge in [0.2, 0.25) is 0 Å². The van der Waals surface area contributed by atoms with Crippen LogP contribution in [0.1, 0.15) is 24.6 Å². The lowest BCUT2D eigenvalue weighted by molar-refractivity contribution is 0.166. The quantitative estimate of drug-likeness (QED) is 0.516. The van der Waals surface area contributed by atoms with Crippen molar-refractivity contribution in [1.29, 1.82) is 0 Å². The van der Waals surface area contributed by atoms with Crippen LogP contribution in [0.2, 0.25) is 0 Å². The zero-order chi connectivity index (χ0) is 17.5. The van der Waals surface area contributed by atoms with E-state index < -0.39 is 0 Å². The maximum atomic E-state index is 5.70. The molecular weight excluding hydrogens is 346 g/mol. The largest absolute Gasteiger partial charge is 0.429 e. The maximum Gasteiger partial charge on any atom is 0.270 e. The van der Waals surface area contributed by atoms with E-state index in [2.05, 4.69) is 30.1 Å². The third-order valence-corrected chi connectivity index (χ3v) is 5.51. The van der Waals surface area contributed by atoms with E-state index in [1.807, 2.05) is 42.6 Å². The fourth-order valence-electron chi connectivity index (χ4n) is 3.82. The monoisotopic (exact) mass is 365 g/mol. The molecule has 0 amide bonds. The number of rotatable bonds is 3. The lowest BCUT2D eigenvalue weighted by atomic mass is 9.96. The number of benzene rings is 1. The van der Waals surface area contributed by atoms with E-state index in [-0.39, 0.29) is 0 Å². The molecule has 1 saturated heterocycles. The molecule has 26 heavy (non-hydrogen) atoms. The van der Waals surface area contributed by atoms with Gasteiger partial charge in [-0.15, -0.1) is 10.2 Å². The molecule has 0 unspecified atom stereocenters. The highest BCUT2D eigenvalue weighted by atomic mass is 32.1. The summed E-state index contributed by atoms with van der Waals surface area (Å²) < 4.78 is 9.89. The topological polar surface area (TPSA) is 51.5 Å². The lowest BCUT2D eigenvalue weighted by Gasteiger charge is -2.31. The summed E-state index contributed by atoms with van der Waals surface area (Å²) in [4.78, 5) is 2.97. The number of piperidine rings is 1. The van der Waals surface area contributed by atoms with Crippen LogP contribution in [0, 0.1) is 4.84 Å². The predicted molar refractivity (Wildman–Crippen MR) is 102 cm³/mol. The van der Waals surface area contributed by atoms with E-state index in [0.717, 1.165) is 55.2 Å². The van der Waals surface area contributed by atoms with Crippen LogP contribution < -0.4 is 0 Å². The van der Waals surface area contributed by atoms with Gasteiger partial charge in [-0.2, -0.15) is 0 Å². The van der Waals surface area contributed by atoms with Gasteiger partial charge in [0.05, 0.1) is 12.2 Å². The van der Waals surface area contributed by atoms with Gasteiger partial charge in [-0.1, -0.05) is 18.2 Å². The van der Waals surface area contributed by atoms with Crippen LogP contribution in [-0.4, -0.2) is 37.2 Å². The molecule has 1 aliphatic heterocycles. The van der Waals surface area contributed by atoms with E-state index >= 15 is 0 Å². The van der Waals surface area contributed by atoms with Crippen LogP contribution in [0.4, 0.5) is 0 Å². The van der Waals surface area contributed by atoms with Crippen molar-refractivity contribution in [2.24, 2.45) is 0 Å². The molecule has 0 aliphatic carbocycles. The molecule has 6 nitrogen and oxygen atoms in total. The third kappa shape index (κ3) is 2.64. The van der Waals surface area contributed by atoms with Crippen LogP contribution in [0.15, 0.2) is 53.1 Å². The molecule has 0 bridgehead atoms. The first-order valence-electron chi connectivity index (χ1n) is 8.90. The Kier molecular flexibility index (Phi) is 3.83. The van der Waals surface area contributed by atoms with Crippen molar-refractivity contribution in [3.8, 4) is 0 Å². The van der Waals surface area contributed by atoms with E-state index in [0.29, 0.717) is 10.8 Å². The Labute approximate surface area is 155 Å². The number of fused-ring (bicyclic) bond motifs is 2. The number of hydrogen-bond acceptors (Lipinski definition) is 5. The van der Waals surface area contributed by atoms with E-state index in [1.54, 1.807) is 0 Å². The Morgan fingerprint density at radius 1 is 1.04 bits per heavy atom. The van der Waals surface area contributed by atoms with Crippen LogP contribution in [0.5, 0.6) is 0 Å². The maximum absolute atomic E-state index is 5.70. The summed E-state index contributed by atoms with van der Waals surface area (Å²) >= 11 is 5.41. The Bertz CT molecular complexity index is 1120. The minimum Gasteiger partial charge on any atom is -0.429 e. The summed E-state index contributed by atoms with van der Waals surface area (Å²) in [6, 6.07) is 14.0. The molecule has 132 valence electrons. The van der Waals surface area contributed by atoms with Gasteiger partial charge >= 0.3 is 0 Å². The van der Waals surface area contributed by atoms with Gasteiger partial charge in [0.1, 0.15) is 5.82 Å². The van der Waals surface area contributed by atoms with Crippen molar-refractivity contribution in [2.45, 2.75) is 25.4 Å². The number of para-hydroxylation sites is 2. The molecule has 0 radical (unpaired) electrons. The number of oxazole rings is 1. The Hall–Kier alpha value is -2.51. The third-order valence-electron chi connectivity index (χ3n) is 5.21. The van der Waals surface area contributed by atoms with Gasteiger partial charge in [0, 0.05) is 25.2 Å². The molecule has 0 spiro atoms. The minimum absolute atomic E-state index is 0.442. The van der Waals surface area contributed by atoms with Gasteiger partial charge in [0.15, 0.2) is 11.2 Å². The molecule has 0 atom stereocenters. The standard InChI is InChI=1S/C19H19N5OS/c26-19-24(15-5-1-2-6-16(15)25-19)13-22-11-8-14(9-12-22)18-21-20-17-7-3-4-10-23(17)18/h1-7,10,14H,8-9,11-13H2. The zero-order valence-corrected chi connectivity index (χ0v) is 15.1. The number of hydrogen-bond donors (Lipinski definition) is 0. The van der Waals surface area contributed by atoms with Crippen molar-refractivity contribution >= 4 is 29.0 Å². The number of nitrogens with zero attached hydrogens (tertiary/aromatic N) is 5. The first-order chi connectivity index (χ1) is 12.8. The van der Waals surface area contributed by atoms with E-state index in [9.17, 15) is 0 Å². The summed E-state index contributed by atoms with van der Waals surface area (Å²) in [5.41, 5.74) is 2.83. The molecular formula is C19H19N5OS. The Morgan fingerprint density at radius 3 is 2.73 bits per heavy atom. The van der Waals surface area contributed by atoms with Crippen molar-refractivity contribution in [3.05, 3.63) is 59.3 Å². The molecule has 5 rings (SSSR count). The summed E-state index contributed by atoms with van der Waals surface area (Å²) in [5.74, 6) is 1.52. The highest BCUT2D eigenvalue weighted by Gasteiger charge is 2.25. The molecule has 1 aliphatic rings. The predicted octanol–water partition coefficient (Wildman–Crippen LogP) is 3.84. The molecule has 0 saturated carbocycles. The highest BCUT2D eigenvalue weighted by Crippen LogP contribution is 2.28.